The Morgan fingerprint density at radius 1 is 1.37 bits per heavy atom. The van der Waals surface area contributed by atoms with Gasteiger partial charge in [0.05, 0.1) is 3.79 Å². The van der Waals surface area contributed by atoms with Gasteiger partial charge < -0.3 is 5.32 Å². The number of rotatable bonds is 4. The Hall–Kier alpha value is -0.200. The first-order valence-electron chi connectivity index (χ1n) is 6.43. The normalized spacial score (nSPS) is 14.9. The Morgan fingerprint density at radius 2 is 2.26 bits per heavy atom. The minimum atomic E-state index is 1.02. The molecule has 0 aromatic carbocycles. The van der Waals surface area contributed by atoms with Crippen LogP contribution in [-0.2, 0) is 26.1 Å². The molecule has 0 atom stereocenters. The van der Waals surface area contributed by atoms with Crippen LogP contribution in [0.25, 0.3) is 0 Å². The number of fused-ring (bicyclic) bond motifs is 1. The van der Waals surface area contributed by atoms with Crippen LogP contribution in [0.15, 0.2) is 21.3 Å². The number of nitrogens with one attached hydrogen (secondary N) is 1. The summed E-state index contributed by atoms with van der Waals surface area (Å²) in [4.78, 5) is 5.46. The molecule has 5 heteroatoms. The lowest BCUT2D eigenvalue weighted by Gasteiger charge is -2.14. The molecule has 2 aromatic heterocycles. The summed E-state index contributed by atoms with van der Waals surface area (Å²) in [5.74, 6) is 0. The second-order valence-corrected chi connectivity index (χ2v) is 8.53. The van der Waals surface area contributed by atoms with Gasteiger partial charge in [-0.3, -0.25) is 4.90 Å². The Morgan fingerprint density at radius 3 is 3.00 bits per heavy atom. The Kier molecular flexibility index (Phi) is 4.39. The molecule has 0 radical (unpaired) electrons. The molecule has 3 rings (SSSR count). The minimum Gasteiger partial charge on any atom is -0.312 e. The molecule has 0 saturated heterocycles. The SMILES string of the molecule is CN(Cc1csc(Br)c1)Cc1cc2c(s1)CCNC2. The average Bonchev–Trinajstić information content (AvgIpc) is 2.94. The summed E-state index contributed by atoms with van der Waals surface area (Å²) in [7, 11) is 2.20. The highest BCUT2D eigenvalue weighted by Crippen LogP contribution is 2.27. The molecule has 102 valence electrons. The van der Waals surface area contributed by atoms with E-state index in [4.69, 9.17) is 0 Å². The van der Waals surface area contributed by atoms with Crippen molar-refractivity contribution >= 4 is 38.6 Å². The van der Waals surface area contributed by atoms with Crippen molar-refractivity contribution in [2.24, 2.45) is 0 Å². The van der Waals surface area contributed by atoms with E-state index in [1.165, 1.54) is 26.2 Å². The molecule has 1 aliphatic rings. The van der Waals surface area contributed by atoms with Gasteiger partial charge in [0.25, 0.3) is 0 Å². The first-order chi connectivity index (χ1) is 9.20. The van der Waals surface area contributed by atoms with Crippen LogP contribution in [0.5, 0.6) is 0 Å². The van der Waals surface area contributed by atoms with Crippen LogP contribution in [-0.4, -0.2) is 18.5 Å². The fourth-order valence-electron chi connectivity index (χ4n) is 2.45. The van der Waals surface area contributed by atoms with Gasteiger partial charge in [-0.25, -0.2) is 0 Å². The van der Waals surface area contributed by atoms with Crippen molar-refractivity contribution in [2.75, 3.05) is 13.6 Å². The van der Waals surface area contributed by atoms with E-state index in [1.54, 1.807) is 16.2 Å². The molecule has 2 nitrogen and oxygen atoms in total. The highest BCUT2D eigenvalue weighted by Gasteiger charge is 2.13. The predicted octanol–water partition coefficient (Wildman–Crippen LogP) is 3.85. The van der Waals surface area contributed by atoms with E-state index in [9.17, 15) is 0 Å². The number of hydrogen-bond donors (Lipinski definition) is 1. The van der Waals surface area contributed by atoms with Crippen LogP contribution in [0.3, 0.4) is 0 Å². The predicted molar refractivity (Wildman–Crippen MR) is 86.9 cm³/mol. The van der Waals surface area contributed by atoms with Gasteiger partial charge in [-0.1, -0.05) is 0 Å². The second kappa shape index (κ2) is 6.06. The molecule has 0 saturated carbocycles. The monoisotopic (exact) mass is 356 g/mol. The van der Waals surface area contributed by atoms with Gasteiger partial charge in [-0.15, -0.1) is 22.7 Å². The van der Waals surface area contributed by atoms with Crippen molar-refractivity contribution in [3.05, 3.63) is 42.2 Å². The summed E-state index contributed by atoms with van der Waals surface area (Å²) in [5, 5.41) is 5.67. The van der Waals surface area contributed by atoms with Crippen molar-refractivity contribution in [3.8, 4) is 0 Å². The topological polar surface area (TPSA) is 15.3 Å². The Labute approximate surface area is 130 Å². The third kappa shape index (κ3) is 3.47. The maximum Gasteiger partial charge on any atom is 0.0701 e. The van der Waals surface area contributed by atoms with Gasteiger partial charge in [0.2, 0.25) is 0 Å². The van der Waals surface area contributed by atoms with E-state index >= 15 is 0 Å². The van der Waals surface area contributed by atoms with Crippen molar-refractivity contribution in [1.82, 2.24) is 10.2 Å². The van der Waals surface area contributed by atoms with E-state index in [0.29, 0.717) is 0 Å². The highest BCUT2D eigenvalue weighted by molar-refractivity contribution is 9.11. The molecule has 0 unspecified atom stereocenters. The van der Waals surface area contributed by atoms with Gasteiger partial charge in [-0.2, -0.15) is 0 Å². The van der Waals surface area contributed by atoms with Crippen LogP contribution in [0.1, 0.15) is 20.9 Å². The summed E-state index contributed by atoms with van der Waals surface area (Å²) in [6.45, 7) is 4.24. The van der Waals surface area contributed by atoms with Gasteiger partial charge in [0.1, 0.15) is 0 Å². The zero-order chi connectivity index (χ0) is 13.2. The molecule has 0 bridgehead atoms. The van der Waals surface area contributed by atoms with Gasteiger partial charge in [-0.05, 0) is 58.0 Å². The number of hydrogen-bond acceptors (Lipinski definition) is 4. The molecule has 19 heavy (non-hydrogen) atoms. The third-order valence-electron chi connectivity index (χ3n) is 3.29. The molecule has 2 aromatic rings. The van der Waals surface area contributed by atoms with E-state index in [1.807, 2.05) is 11.3 Å². The summed E-state index contributed by atoms with van der Waals surface area (Å²) >= 11 is 7.27. The summed E-state index contributed by atoms with van der Waals surface area (Å²) in [6.07, 6.45) is 1.20. The lowest BCUT2D eigenvalue weighted by atomic mass is 10.1. The first-order valence-corrected chi connectivity index (χ1v) is 8.92. The number of halogens is 1. The smallest absolute Gasteiger partial charge is 0.0701 e. The Balaban J connectivity index is 1.62. The quantitative estimate of drug-likeness (QED) is 0.894. The van der Waals surface area contributed by atoms with Crippen LogP contribution < -0.4 is 5.32 Å². The molecule has 0 amide bonds. The van der Waals surface area contributed by atoms with Crippen molar-refractivity contribution in [2.45, 2.75) is 26.1 Å². The fourth-order valence-corrected chi connectivity index (χ4v) is 4.92. The van der Waals surface area contributed by atoms with Gasteiger partial charge >= 0.3 is 0 Å². The fraction of sp³-hybridized carbons (Fsp3) is 0.429. The van der Waals surface area contributed by atoms with Crippen molar-refractivity contribution in [3.63, 3.8) is 0 Å². The molecule has 1 aliphatic heterocycles. The van der Waals surface area contributed by atoms with E-state index in [0.717, 1.165) is 26.2 Å². The minimum absolute atomic E-state index is 1.02. The van der Waals surface area contributed by atoms with Crippen LogP contribution in [0, 0.1) is 0 Å². The molecule has 3 heterocycles. The molecule has 1 N–H and O–H groups in total. The standard InChI is InChI=1S/C14H17BrN2S2/c1-17(7-10-4-14(15)18-9-10)8-12-5-11-6-16-3-2-13(11)19-12/h4-5,9,16H,2-3,6-8H2,1H3. The summed E-state index contributed by atoms with van der Waals surface area (Å²) < 4.78 is 1.22. The van der Waals surface area contributed by atoms with Crippen LogP contribution in [0.4, 0.5) is 0 Å². The molecule has 0 aliphatic carbocycles. The van der Waals surface area contributed by atoms with Gasteiger partial charge in [0.15, 0.2) is 0 Å². The zero-order valence-corrected chi connectivity index (χ0v) is 14.1. The average molecular weight is 357 g/mol. The van der Waals surface area contributed by atoms with Crippen LogP contribution in [0.2, 0.25) is 0 Å². The lowest BCUT2D eigenvalue weighted by molar-refractivity contribution is 0.322. The lowest BCUT2D eigenvalue weighted by Crippen LogP contribution is -2.21. The van der Waals surface area contributed by atoms with Gasteiger partial charge in [0, 0.05) is 35.9 Å². The zero-order valence-electron chi connectivity index (χ0n) is 10.9. The maximum absolute atomic E-state index is 3.52. The molecular formula is C14H17BrN2S2. The summed E-state index contributed by atoms with van der Waals surface area (Å²) in [5.41, 5.74) is 2.90. The maximum atomic E-state index is 3.52. The van der Waals surface area contributed by atoms with Crippen molar-refractivity contribution in [1.29, 1.82) is 0 Å². The van der Waals surface area contributed by atoms with Crippen LogP contribution >= 0.6 is 38.6 Å². The van der Waals surface area contributed by atoms with E-state index in [-0.39, 0.29) is 0 Å². The molecular weight excluding hydrogens is 340 g/mol. The second-order valence-electron chi connectivity index (χ2n) is 5.02. The first kappa shape index (κ1) is 13.8. The summed E-state index contributed by atoms with van der Waals surface area (Å²) in [6, 6.07) is 4.59. The largest absolute Gasteiger partial charge is 0.312 e. The highest BCUT2D eigenvalue weighted by atomic mass is 79.9. The number of thiophene rings is 2. The van der Waals surface area contributed by atoms with E-state index < -0.39 is 0 Å². The molecule has 0 fully saturated rings. The molecule has 0 spiro atoms. The number of nitrogens with zero attached hydrogens (tertiary/aromatic N) is 1. The van der Waals surface area contributed by atoms with E-state index in [2.05, 4.69) is 50.7 Å². The van der Waals surface area contributed by atoms with Crippen molar-refractivity contribution < 1.29 is 0 Å². The third-order valence-corrected chi connectivity index (χ3v) is 6.07. The Bertz CT molecular complexity index is 538.